The van der Waals surface area contributed by atoms with Crippen LogP contribution in [-0.2, 0) is 6.54 Å². The normalized spacial score (nSPS) is 20.9. The summed E-state index contributed by atoms with van der Waals surface area (Å²) < 4.78 is 0. The molecule has 0 saturated carbocycles. The van der Waals surface area contributed by atoms with Crippen LogP contribution >= 0.6 is 0 Å². The SMILES string of the molecule is CNc1ccc(CN2CCN(C)C(C)C2)cc1[N+](=O)[O-]. The molecule has 6 heteroatoms. The number of nitrogens with zero attached hydrogens (tertiary/aromatic N) is 3. The number of rotatable bonds is 4. The molecule has 1 aromatic rings. The summed E-state index contributed by atoms with van der Waals surface area (Å²) in [5, 5.41) is 13.9. The molecular formula is C14H22N4O2. The highest BCUT2D eigenvalue weighted by molar-refractivity contribution is 5.62. The molecule has 2 rings (SSSR count). The zero-order valence-electron chi connectivity index (χ0n) is 12.3. The number of hydrogen-bond donors (Lipinski definition) is 1. The first kappa shape index (κ1) is 14.7. The van der Waals surface area contributed by atoms with E-state index in [1.165, 1.54) is 0 Å². The van der Waals surface area contributed by atoms with Crippen LogP contribution in [0.1, 0.15) is 12.5 Å². The maximum absolute atomic E-state index is 11.1. The van der Waals surface area contributed by atoms with Crippen LogP contribution in [0.4, 0.5) is 11.4 Å². The summed E-state index contributed by atoms with van der Waals surface area (Å²) in [5.74, 6) is 0. The van der Waals surface area contributed by atoms with E-state index in [9.17, 15) is 10.1 Å². The number of benzene rings is 1. The predicted octanol–water partition coefficient (Wildman–Crippen LogP) is 1.77. The predicted molar refractivity (Wildman–Crippen MR) is 80.0 cm³/mol. The summed E-state index contributed by atoms with van der Waals surface area (Å²) in [5.41, 5.74) is 1.70. The molecule has 1 heterocycles. The number of hydrogen-bond acceptors (Lipinski definition) is 5. The van der Waals surface area contributed by atoms with E-state index in [-0.39, 0.29) is 10.6 Å². The Kier molecular flexibility index (Phi) is 4.57. The van der Waals surface area contributed by atoms with E-state index in [2.05, 4.69) is 29.1 Å². The molecule has 6 nitrogen and oxygen atoms in total. The Balaban J connectivity index is 2.10. The van der Waals surface area contributed by atoms with E-state index >= 15 is 0 Å². The van der Waals surface area contributed by atoms with E-state index < -0.39 is 0 Å². The van der Waals surface area contributed by atoms with Crippen LogP contribution < -0.4 is 5.32 Å². The Morgan fingerprint density at radius 1 is 1.45 bits per heavy atom. The van der Waals surface area contributed by atoms with Crippen molar-refractivity contribution >= 4 is 11.4 Å². The molecule has 1 aliphatic heterocycles. The van der Waals surface area contributed by atoms with Gasteiger partial charge in [-0.2, -0.15) is 0 Å². The van der Waals surface area contributed by atoms with Crippen molar-refractivity contribution < 1.29 is 4.92 Å². The lowest BCUT2D eigenvalue weighted by molar-refractivity contribution is -0.384. The van der Waals surface area contributed by atoms with Crippen molar-refractivity contribution in [3.63, 3.8) is 0 Å². The van der Waals surface area contributed by atoms with Crippen LogP contribution in [-0.4, -0.2) is 54.5 Å². The van der Waals surface area contributed by atoms with E-state index in [4.69, 9.17) is 0 Å². The minimum Gasteiger partial charge on any atom is -0.383 e. The van der Waals surface area contributed by atoms with Crippen molar-refractivity contribution in [2.24, 2.45) is 0 Å². The molecule has 1 unspecified atom stereocenters. The standard InChI is InChI=1S/C14H22N4O2/c1-11-9-17(7-6-16(11)3)10-12-4-5-13(15-2)14(8-12)18(19)20/h4-5,8,11,15H,6-7,9-10H2,1-3H3. The van der Waals surface area contributed by atoms with Gasteiger partial charge in [0.15, 0.2) is 0 Å². The van der Waals surface area contributed by atoms with Crippen molar-refractivity contribution in [1.29, 1.82) is 0 Å². The van der Waals surface area contributed by atoms with Gasteiger partial charge in [0.1, 0.15) is 5.69 Å². The lowest BCUT2D eigenvalue weighted by atomic mass is 10.1. The number of nitro benzene ring substituents is 1. The van der Waals surface area contributed by atoms with Crippen LogP contribution in [0.3, 0.4) is 0 Å². The highest BCUT2D eigenvalue weighted by Crippen LogP contribution is 2.26. The Hall–Kier alpha value is -1.66. The molecule has 0 spiro atoms. The monoisotopic (exact) mass is 278 g/mol. The minimum absolute atomic E-state index is 0.146. The molecule has 0 bridgehead atoms. The lowest BCUT2D eigenvalue weighted by Crippen LogP contribution is -2.49. The first-order valence-corrected chi connectivity index (χ1v) is 6.89. The first-order chi connectivity index (χ1) is 9.51. The molecule has 1 fully saturated rings. The molecule has 1 aliphatic rings. The molecule has 1 N–H and O–H groups in total. The third-order valence-electron chi connectivity index (χ3n) is 3.98. The Bertz CT molecular complexity index is 492. The molecule has 1 saturated heterocycles. The zero-order chi connectivity index (χ0) is 14.7. The fourth-order valence-electron chi connectivity index (χ4n) is 2.56. The smallest absolute Gasteiger partial charge is 0.292 e. The first-order valence-electron chi connectivity index (χ1n) is 6.89. The molecule has 0 aromatic heterocycles. The van der Waals surface area contributed by atoms with Gasteiger partial charge < -0.3 is 10.2 Å². The average molecular weight is 278 g/mol. The molecule has 1 atom stereocenters. The van der Waals surface area contributed by atoms with E-state index in [1.54, 1.807) is 19.2 Å². The van der Waals surface area contributed by atoms with Gasteiger partial charge in [-0.3, -0.25) is 15.0 Å². The maximum atomic E-state index is 11.1. The third-order valence-corrected chi connectivity index (χ3v) is 3.98. The molecule has 0 aliphatic carbocycles. The van der Waals surface area contributed by atoms with E-state index in [1.807, 2.05) is 6.07 Å². The number of nitrogens with one attached hydrogen (secondary N) is 1. The lowest BCUT2D eigenvalue weighted by Gasteiger charge is -2.37. The molecular weight excluding hydrogens is 256 g/mol. The molecule has 0 amide bonds. The van der Waals surface area contributed by atoms with E-state index in [0.29, 0.717) is 11.7 Å². The third kappa shape index (κ3) is 3.26. The van der Waals surface area contributed by atoms with Crippen molar-refractivity contribution in [1.82, 2.24) is 9.80 Å². The van der Waals surface area contributed by atoms with Crippen LogP contribution in [0.5, 0.6) is 0 Å². The fourth-order valence-corrected chi connectivity index (χ4v) is 2.56. The van der Waals surface area contributed by atoms with Gasteiger partial charge in [-0.15, -0.1) is 0 Å². The molecule has 20 heavy (non-hydrogen) atoms. The number of anilines is 1. The van der Waals surface area contributed by atoms with Gasteiger partial charge in [-0.1, -0.05) is 6.07 Å². The van der Waals surface area contributed by atoms with Gasteiger partial charge in [-0.25, -0.2) is 0 Å². The number of likely N-dealkylation sites (N-methyl/N-ethyl adjacent to an activating group) is 1. The average Bonchev–Trinajstić information content (AvgIpc) is 2.43. The summed E-state index contributed by atoms with van der Waals surface area (Å²) in [6, 6.07) is 5.94. The number of piperazine rings is 1. The minimum atomic E-state index is -0.331. The van der Waals surface area contributed by atoms with Crippen molar-refractivity contribution in [3.05, 3.63) is 33.9 Å². The fraction of sp³-hybridized carbons (Fsp3) is 0.571. The quantitative estimate of drug-likeness (QED) is 0.672. The maximum Gasteiger partial charge on any atom is 0.292 e. The largest absolute Gasteiger partial charge is 0.383 e. The highest BCUT2D eigenvalue weighted by Gasteiger charge is 2.21. The van der Waals surface area contributed by atoms with Gasteiger partial charge in [0, 0.05) is 45.3 Å². The summed E-state index contributed by atoms with van der Waals surface area (Å²) in [6.07, 6.45) is 0. The Labute approximate surface area is 119 Å². The zero-order valence-corrected chi connectivity index (χ0v) is 12.3. The summed E-state index contributed by atoms with van der Waals surface area (Å²) in [7, 11) is 3.83. The van der Waals surface area contributed by atoms with Crippen LogP contribution in [0.15, 0.2) is 18.2 Å². The number of nitro groups is 1. The second-order valence-corrected chi connectivity index (χ2v) is 5.42. The summed E-state index contributed by atoms with van der Waals surface area (Å²) in [6.45, 7) is 6.01. The second kappa shape index (κ2) is 6.19. The van der Waals surface area contributed by atoms with Gasteiger partial charge in [0.25, 0.3) is 5.69 Å². The Morgan fingerprint density at radius 3 is 2.80 bits per heavy atom. The second-order valence-electron chi connectivity index (χ2n) is 5.42. The highest BCUT2D eigenvalue weighted by atomic mass is 16.6. The summed E-state index contributed by atoms with van der Waals surface area (Å²) >= 11 is 0. The summed E-state index contributed by atoms with van der Waals surface area (Å²) in [4.78, 5) is 15.4. The van der Waals surface area contributed by atoms with Gasteiger partial charge >= 0.3 is 0 Å². The van der Waals surface area contributed by atoms with Crippen LogP contribution in [0.25, 0.3) is 0 Å². The molecule has 1 aromatic carbocycles. The van der Waals surface area contributed by atoms with Crippen LogP contribution in [0, 0.1) is 10.1 Å². The van der Waals surface area contributed by atoms with E-state index in [0.717, 1.165) is 31.7 Å². The van der Waals surface area contributed by atoms with Gasteiger partial charge in [0.2, 0.25) is 0 Å². The van der Waals surface area contributed by atoms with Crippen molar-refractivity contribution in [2.45, 2.75) is 19.5 Å². The Morgan fingerprint density at radius 2 is 2.20 bits per heavy atom. The molecule has 0 radical (unpaired) electrons. The van der Waals surface area contributed by atoms with Crippen LogP contribution in [0.2, 0.25) is 0 Å². The van der Waals surface area contributed by atoms with Gasteiger partial charge in [0.05, 0.1) is 4.92 Å². The topological polar surface area (TPSA) is 61.6 Å². The van der Waals surface area contributed by atoms with Crippen molar-refractivity contribution in [3.8, 4) is 0 Å². The van der Waals surface area contributed by atoms with Gasteiger partial charge in [-0.05, 0) is 25.6 Å². The molecule has 110 valence electrons. The van der Waals surface area contributed by atoms with Crippen molar-refractivity contribution in [2.75, 3.05) is 39.0 Å².